The Labute approximate surface area is 105 Å². The Morgan fingerprint density at radius 2 is 2.00 bits per heavy atom. The molecule has 0 amide bonds. The molecule has 2 rings (SSSR count). The van der Waals surface area contributed by atoms with Crippen molar-refractivity contribution in [3.63, 3.8) is 0 Å². The van der Waals surface area contributed by atoms with Crippen LogP contribution in [0.15, 0.2) is 52.1 Å². The van der Waals surface area contributed by atoms with Gasteiger partial charge < -0.3 is 5.73 Å². The van der Waals surface area contributed by atoms with Gasteiger partial charge >= 0.3 is 0 Å². The van der Waals surface area contributed by atoms with Gasteiger partial charge in [0.1, 0.15) is 0 Å². The van der Waals surface area contributed by atoms with Crippen LogP contribution in [0.3, 0.4) is 0 Å². The van der Waals surface area contributed by atoms with Crippen LogP contribution >= 0.6 is 23.1 Å². The first kappa shape index (κ1) is 11.7. The number of thiophene rings is 1. The zero-order valence-electron chi connectivity index (χ0n) is 9.00. The molecule has 1 aromatic heterocycles. The van der Waals surface area contributed by atoms with Crippen LogP contribution in [0.1, 0.15) is 5.56 Å². The normalized spacial score (nSPS) is 12.6. The second kappa shape index (κ2) is 6.09. The lowest BCUT2D eigenvalue weighted by atomic mass is 10.1. The van der Waals surface area contributed by atoms with E-state index in [0.29, 0.717) is 0 Å². The molecule has 0 aliphatic carbocycles. The lowest BCUT2D eigenvalue weighted by molar-refractivity contribution is 0.750. The Balaban J connectivity index is 1.78. The van der Waals surface area contributed by atoms with Crippen LogP contribution < -0.4 is 5.73 Å². The van der Waals surface area contributed by atoms with Gasteiger partial charge in [0.2, 0.25) is 0 Å². The van der Waals surface area contributed by atoms with E-state index in [2.05, 4.69) is 41.1 Å². The maximum Gasteiger partial charge on any atom is 0.0174 e. The molecule has 2 aromatic rings. The van der Waals surface area contributed by atoms with Gasteiger partial charge in [-0.05, 0) is 40.9 Å². The Bertz CT molecular complexity index is 397. The number of benzene rings is 1. The van der Waals surface area contributed by atoms with Crippen molar-refractivity contribution in [2.24, 2.45) is 5.73 Å². The third kappa shape index (κ3) is 3.67. The van der Waals surface area contributed by atoms with E-state index in [1.807, 2.05) is 17.8 Å². The number of hydrogen-bond donors (Lipinski definition) is 1. The second-order valence-corrected chi connectivity index (χ2v) is 5.59. The fourth-order valence-electron chi connectivity index (χ4n) is 1.49. The Morgan fingerprint density at radius 3 is 2.69 bits per heavy atom. The minimum atomic E-state index is 0.236. The van der Waals surface area contributed by atoms with Gasteiger partial charge in [0.25, 0.3) is 0 Å². The molecular formula is C13H15NS2. The van der Waals surface area contributed by atoms with Gasteiger partial charge in [-0.3, -0.25) is 0 Å². The molecule has 3 heteroatoms. The standard InChI is InChI=1S/C13H15NS2/c14-12(8-11-6-7-15-9-11)10-16-13-4-2-1-3-5-13/h1-7,9,12H,8,10,14H2. The topological polar surface area (TPSA) is 26.0 Å². The van der Waals surface area contributed by atoms with Gasteiger partial charge in [-0.15, -0.1) is 11.8 Å². The van der Waals surface area contributed by atoms with Crippen LogP contribution in [-0.2, 0) is 6.42 Å². The predicted molar refractivity (Wildman–Crippen MR) is 73.2 cm³/mol. The van der Waals surface area contributed by atoms with E-state index in [4.69, 9.17) is 5.73 Å². The third-order valence-corrected chi connectivity index (χ3v) is 4.22. The van der Waals surface area contributed by atoms with E-state index in [-0.39, 0.29) is 6.04 Å². The SMILES string of the molecule is NC(CSc1ccccc1)Cc1ccsc1. The molecule has 0 aliphatic rings. The van der Waals surface area contributed by atoms with E-state index in [0.717, 1.165) is 12.2 Å². The van der Waals surface area contributed by atoms with E-state index < -0.39 is 0 Å². The molecule has 0 bridgehead atoms. The van der Waals surface area contributed by atoms with Gasteiger partial charge in [-0.25, -0.2) is 0 Å². The molecule has 0 saturated heterocycles. The molecule has 0 radical (unpaired) electrons. The Morgan fingerprint density at radius 1 is 1.19 bits per heavy atom. The summed E-state index contributed by atoms with van der Waals surface area (Å²) in [5.41, 5.74) is 7.45. The molecule has 2 N–H and O–H groups in total. The van der Waals surface area contributed by atoms with Crippen LogP contribution in [0.2, 0.25) is 0 Å². The minimum absolute atomic E-state index is 0.236. The lowest BCUT2D eigenvalue weighted by Gasteiger charge is -2.09. The van der Waals surface area contributed by atoms with E-state index in [9.17, 15) is 0 Å². The fraction of sp³-hybridized carbons (Fsp3) is 0.231. The maximum atomic E-state index is 6.10. The molecule has 0 spiro atoms. The summed E-state index contributed by atoms with van der Waals surface area (Å²) in [6.45, 7) is 0. The zero-order valence-corrected chi connectivity index (χ0v) is 10.6. The molecule has 1 unspecified atom stereocenters. The molecule has 1 heterocycles. The van der Waals surface area contributed by atoms with Gasteiger partial charge in [0, 0.05) is 16.7 Å². The fourth-order valence-corrected chi connectivity index (χ4v) is 3.05. The van der Waals surface area contributed by atoms with Crippen molar-refractivity contribution < 1.29 is 0 Å². The molecule has 84 valence electrons. The van der Waals surface area contributed by atoms with Crippen molar-refractivity contribution in [3.8, 4) is 0 Å². The summed E-state index contributed by atoms with van der Waals surface area (Å²) < 4.78 is 0. The highest BCUT2D eigenvalue weighted by Gasteiger charge is 2.05. The van der Waals surface area contributed by atoms with Crippen LogP contribution in [0.25, 0.3) is 0 Å². The van der Waals surface area contributed by atoms with Crippen LogP contribution in [0.4, 0.5) is 0 Å². The zero-order chi connectivity index (χ0) is 11.2. The lowest BCUT2D eigenvalue weighted by Crippen LogP contribution is -2.25. The highest BCUT2D eigenvalue weighted by Crippen LogP contribution is 2.18. The number of rotatable bonds is 5. The summed E-state index contributed by atoms with van der Waals surface area (Å²) in [6.07, 6.45) is 0.976. The maximum absolute atomic E-state index is 6.10. The highest BCUT2D eigenvalue weighted by atomic mass is 32.2. The summed E-state index contributed by atoms with van der Waals surface area (Å²) in [4.78, 5) is 1.29. The van der Waals surface area contributed by atoms with Crippen molar-refractivity contribution in [1.82, 2.24) is 0 Å². The van der Waals surface area contributed by atoms with E-state index in [1.165, 1.54) is 10.5 Å². The average Bonchev–Trinajstić information content (AvgIpc) is 2.81. The largest absolute Gasteiger partial charge is 0.327 e. The van der Waals surface area contributed by atoms with Gasteiger partial charge in [0.15, 0.2) is 0 Å². The summed E-state index contributed by atoms with van der Waals surface area (Å²) in [7, 11) is 0. The molecule has 1 nitrogen and oxygen atoms in total. The van der Waals surface area contributed by atoms with Crippen LogP contribution in [-0.4, -0.2) is 11.8 Å². The second-order valence-electron chi connectivity index (χ2n) is 3.72. The first-order valence-electron chi connectivity index (χ1n) is 5.29. The first-order chi connectivity index (χ1) is 7.84. The van der Waals surface area contributed by atoms with Gasteiger partial charge in [-0.1, -0.05) is 18.2 Å². The van der Waals surface area contributed by atoms with Crippen molar-refractivity contribution in [2.45, 2.75) is 17.4 Å². The first-order valence-corrected chi connectivity index (χ1v) is 7.22. The van der Waals surface area contributed by atoms with Crippen LogP contribution in [0, 0.1) is 0 Å². The quantitative estimate of drug-likeness (QED) is 0.822. The monoisotopic (exact) mass is 249 g/mol. The van der Waals surface area contributed by atoms with Gasteiger partial charge in [-0.2, -0.15) is 11.3 Å². The molecule has 0 fully saturated rings. The highest BCUT2D eigenvalue weighted by molar-refractivity contribution is 7.99. The van der Waals surface area contributed by atoms with Crippen molar-refractivity contribution >= 4 is 23.1 Å². The summed E-state index contributed by atoms with van der Waals surface area (Å²) in [5, 5.41) is 4.28. The number of hydrogen-bond acceptors (Lipinski definition) is 3. The molecule has 16 heavy (non-hydrogen) atoms. The summed E-state index contributed by atoms with van der Waals surface area (Å²) >= 11 is 3.56. The van der Waals surface area contributed by atoms with Gasteiger partial charge in [0.05, 0.1) is 0 Å². The Hall–Kier alpha value is -0.770. The number of thioether (sulfide) groups is 1. The summed E-state index contributed by atoms with van der Waals surface area (Å²) in [5.74, 6) is 0.972. The van der Waals surface area contributed by atoms with Crippen molar-refractivity contribution in [3.05, 3.63) is 52.7 Å². The Kier molecular flexibility index (Phi) is 4.45. The minimum Gasteiger partial charge on any atom is -0.327 e. The van der Waals surface area contributed by atoms with Crippen molar-refractivity contribution in [2.75, 3.05) is 5.75 Å². The molecule has 0 saturated carbocycles. The predicted octanol–water partition coefficient (Wildman–Crippen LogP) is 3.41. The summed E-state index contributed by atoms with van der Waals surface area (Å²) in [6, 6.07) is 12.8. The molecule has 1 aromatic carbocycles. The smallest absolute Gasteiger partial charge is 0.0174 e. The molecule has 0 aliphatic heterocycles. The average molecular weight is 249 g/mol. The van der Waals surface area contributed by atoms with Crippen molar-refractivity contribution in [1.29, 1.82) is 0 Å². The van der Waals surface area contributed by atoms with Crippen LogP contribution in [0.5, 0.6) is 0 Å². The third-order valence-electron chi connectivity index (χ3n) is 2.29. The molecular weight excluding hydrogens is 234 g/mol. The van der Waals surface area contributed by atoms with E-state index >= 15 is 0 Å². The number of nitrogens with two attached hydrogens (primary N) is 1. The molecule has 1 atom stereocenters. The van der Waals surface area contributed by atoms with E-state index in [1.54, 1.807) is 11.3 Å².